The van der Waals surface area contributed by atoms with E-state index in [4.69, 9.17) is 0 Å². The standard InChI is InChI=1S/C35H51F3N2/c1-2-3-4-5-7-12-15-18-30-23-22-29-25-32(40-34(36)33(29)35(30,37)38)31-24-21-28(26-39-31)17-14-11-9-6-8-10-13-16-27-19-20-27/h21,24-27,30H,2-20,22-23H2,1H3. The zero-order valence-corrected chi connectivity index (χ0v) is 24.8. The molecule has 0 N–H and O–H groups in total. The Balaban J connectivity index is 1.22. The Morgan fingerprint density at radius 1 is 0.775 bits per heavy atom. The van der Waals surface area contributed by atoms with Gasteiger partial charge in [-0.1, -0.05) is 116 Å². The van der Waals surface area contributed by atoms with Crippen molar-refractivity contribution in [1.82, 2.24) is 9.97 Å². The fourth-order valence-corrected chi connectivity index (χ4v) is 6.41. The molecule has 0 bridgehead atoms. The maximum absolute atomic E-state index is 15.4. The van der Waals surface area contributed by atoms with Crippen LogP contribution >= 0.6 is 0 Å². The molecule has 1 saturated carbocycles. The molecular weight excluding hydrogens is 505 g/mol. The normalized spacial score (nSPS) is 18.1. The van der Waals surface area contributed by atoms with Crippen molar-refractivity contribution in [2.24, 2.45) is 11.8 Å². The number of fused-ring (bicyclic) bond motifs is 1. The van der Waals surface area contributed by atoms with Crippen molar-refractivity contribution < 1.29 is 13.2 Å². The van der Waals surface area contributed by atoms with Crippen molar-refractivity contribution in [2.75, 3.05) is 0 Å². The average Bonchev–Trinajstić information content (AvgIpc) is 3.77. The van der Waals surface area contributed by atoms with Crippen molar-refractivity contribution in [3.63, 3.8) is 0 Å². The van der Waals surface area contributed by atoms with Crippen molar-refractivity contribution >= 4 is 0 Å². The SMILES string of the molecule is CCCCCCCCCC1CCc2cc(-c3ccc(CCCCCCCCCC4CC4)cn3)nc(F)c2C1(F)F. The van der Waals surface area contributed by atoms with E-state index in [1.165, 1.54) is 83.5 Å². The Bertz CT molecular complexity index is 1020. The first-order chi connectivity index (χ1) is 19.5. The van der Waals surface area contributed by atoms with Gasteiger partial charge in [-0.15, -0.1) is 0 Å². The Morgan fingerprint density at radius 2 is 1.43 bits per heavy atom. The Morgan fingerprint density at radius 3 is 2.08 bits per heavy atom. The van der Waals surface area contributed by atoms with E-state index in [9.17, 15) is 0 Å². The van der Waals surface area contributed by atoms with Gasteiger partial charge in [0.05, 0.1) is 17.0 Å². The molecule has 1 unspecified atom stereocenters. The Hall–Kier alpha value is -1.91. The fraction of sp³-hybridized carbons (Fsp3) is 0.714. The number of hydrogen-bond acceptors (Lipinski definition) is 2. The molecule has 2 aromatic rings. The van der Waals surface area contributed by atoms with Gasteiger partial charge in [0.1, 0.15) is 0 Å². The number of alkyl halides is 2. The number of halogens is 3. The predicted octanol–water partition coefficient (Wildman–Crippen LogP) is 11.2. The molecule has 0 radical (unpaired) electrons. The lowest BCUT2D eigenvalue weighted by molar-refractivity contribution is -0.0824. The Kier molecular flexibility index (Phi) is 12.4. The van der Waals surface area contributed by atoms with Crippen LogP contribution in [0.1, 0.15) is 146 Å². The van der Waals surface area contributed by atoms with Gasteiger partial charge in [-0.25, -0.2) is 13.8 Å². The number of pyridine rings is 2. The van der Waals surface area contributed by atoms with Gasteiger partial charge in [-0.05, 0) is 61.3 Å². The number of aromatic nitrogens is 2. The highest BCUT2D eigenvalue weighted by molar-refractivity contribution is 5.57. The summed E-state index contributed by atoms with van der Waals surface area (Å²) in [5, 5.41) is 0. The highest BCUT2D eigenvalue weighted by atomic mass is 19.3. The van der Waals surface area contributed by atoms with Crippen molar-refractivity contribution in [3.8, 4) is 11.4 Å². The predicted molar refractivity (Wildman–Crippen MR) is 159 cm³/mol. The van der Waals surface area contributed by atoms with E-state index in [1.807, 2.05) is 18.3 Å². The van der Waals surface area contributed by atoms with Crippen molar-refractivity contribution in [2.45, 2.75) is 148 Å². The second-order valence-electron chi connectivity index (χ2n) is 12.6. The second kappa shape index (κ2) is 15.9. The summed E-state index contributed by atoms with van der Waals surface area (Å²) >= 11 is 0. The highest BCUT2D eigenvalue weighted by Gasteiger charge is 2.47. The summed E-state index contributed by atoms with van der Waals surface area (Å²) < 4.78 is 45.8. The number of nitrogens with zero attached hydrogens (tertiary/aromatic N) is 2. The molecule has 222 valence electrons. The van der Waals surface area contributed by atoms with E-state index < -0.39 is 23.4 Å². The third-order valence-corrected chi connectivity index (χ3v) is 9.18. The van der Waals surface area contributed by atoms with Gasteiger partial charge < -0.3 is 0 Å². The molecule has 0 amide bonds. The van der Waals surface area contributed by atoms with Crippen LogP contribution in [0.25, 0.3) is 11.4 Å². The number of aryl methyl sites for hydroxylation is 2. The van der Waals surface area contributed by atoms with Crippen LogP contribution in [0.4, 0.5) is 13.2 Å². The first-order valence-corrected chi connectivity index (χ1v) is 16.5. The maximum atomic E-state index is 15.4. The van der Waals surface area contributed by atoms with Crippen LogP contribution in [0, 0.1) is 17.8 Å². The smallest absolute Gasteiger partial charge is 0.254 e. The van der Waals surface area contributed by atoms with Crippen LogP contribution in [0.5, 0.6) is 0 Å². The van der Waals surface area contributed by atoms with Crippen molar-refractivity contribution in [1.29, 1.82) is 0 Å². The monoisotopic (exact) mass is 556 g/mol. The van der Waals surface area contributed by atoms with E-state index >= 15 is 13.2 Å². The number of hydrogen-bond donors (Lipinski definition) is 0. The molecule has 0 aliphatic heterocycles. The summed E-state index contributed by atoms with van der Waals surface area (Å²) in [7, 11) is 0. The van der Waals surface area contributed by atoms with E-state index in [-0.39, 0.29) is 0 Å². The van der Waals surface area contributed by atoms with E-state index in [1.54, 1.807) is 6.07 Å². The van der Waals surface area contributed by atoms with Gasteiger partial charge in [0, 0.05) is 12.1 Å². The molecule has 0 saturated heterocycles. The first kappa shape index (κ1) is 31.0. The molecule has 4 rings (SSSR count). The van der Waals surface area contributed by atoms with Crippen LogP contribution in [0.3, 0.4) is 0 Å². The van der Waals surface area contributed by atoms with Crippen LogP contribution in [-0.4, -0.2) is 9.97 Å². The zero-order valence-electron chi connectivity index (χ0n) is 24.8. The minimum absolute atomic E-state index is 0.353. The van der Waals surface area contributed by atoms with Gasteiger partial charge in [0.15, 0.2) is 0 Å². The average molecular weight is 557 g/mol. The first-order valence-electron chi connectivity index (χ1n) is 16.5. The molecule has 5 heteroatoms. The third kappa shape index (κ3) is 9.31. The molecule has 2 heterocycles. The van der Waals surface area contributed by atoms with Crippen LogP contribution in [0.2, 0.25) is 0 Å². The third-order valence-electron chi connectivity index (χ3n) is 9.18. The lowest BCUT2D eigenvalue weighted by Crippen LogP contribution is -2.33. The molecule has 0 spiro atoms. The lowest BCUT2D eigenvalue weighted by atomic mass is 9.78. The minimum Gasteiger partial charge on any atom is -0.254 e. The molecule has 1 atom stereocenters. The molecule has 0 aromatic carbocycles. The fourth-order valence-electron chi connectivity index (χ4n) is 6.41. The summed E-state index contributed by atoms with van der Waals surface area (Å²) in [4.78, 5) is 8.49. The largest absolute Gasteiger partial charge is 0.280 e. The molecule has 1 fully saturated rings. The zero-order chi connectivity index (χ0) is 28.2. The summed E-state index contributed by atoms with van der Waals surface area (Å²) in [5.41, 5.74) is 1.97. The van der Waals surface area contributed by atoms with Gasteiger partial charge in [-0.3, -0.25) is 4.98 Å². The molecule has 2 aliphatic carbocycles. The quantitative estimate of drug-likeness (QED) is 0.127. The Labute approximate surface area is 241 Å². The molecule has 40 heavy (non-hydrogen) atoms. The molecule has 2 nitrogen and oxygen atoms in total. The molecule has 2 aliphatic rings. The topological polar surface area (TPSA) is 25.8 Å². The highest BCUT2D eigenvalue weighted by Crippen LogP contribution is 2.47. The van der Waals surface area contributed by atoms with Crippen molar-refractivity contribution in [3.05, 3.63) is 47.0 Å². The second-order valence-corrected chi connectivity index (χ2v) is 12.6. The van der Waals surface area contributed by atoms with Crippen LogP contribution < -0.4 is 0 Å². The number of rotatable bonds is 19. The van der Waals surface area contributed by atoms with Crippen LogP contribution in [0.15, 0.2) is 24.4 Å². The summed E-state index contributed by atoms with van der Waals surface area (Å²) in [6.07, 6.45) is 25.4. The molecule has 2 aromatic heterocycles. The van der Waals surface area contributed by atoms with E-state index in [2.05, 4.69) is 16.9 Å². The van der Waals surface area contributed by atoms with E-state index in [0.29, 0.717) is 36.2 Å². The summed E-state index contributed by atoms with van der Waals surface area (Å²) in [6, 6.07) is 5.52. The molecular formula is C35H51F3N2. The van der Waals surface area contributed by atoms with Gasteiger partial charge in [-0.2, -0.15) is 4.39 Å². The summed E-state index contributed by atoms with van der Waals surface area (Å²) in [5.74, 6) is -3.94. The van der Waals surface area contributed by atoms with Gasteiger partial charge in [0.2, 0.25) is 5.95 Å². The van der Waals surface area contributed by atoms with Gasteiger partial charge in [0.25, 0.3) is 5.92 Å². The minimum atomic E-state index is -3.17. The summed E-state index contributed by atoms with van der Waals surface area (Å²) in [6.45, 7) is 2.19. The number of unbranched alkanes of at least 4 members (excludes halogenated alkanes) is 12. The lowest BCUT2D eigenvalue weighted by Gasteiger charge is -2.33. The van der Waals surface area contributed by atoms with Crippen LogP contribution in [-0.2, 0) is 18.8 Å². The van der Waals surface area contributed by atoms with E-state index in [0.717, 1.165) is 43.6 Å². The van der Waals surface area contributed by atoms with Gasteiger partial charge >= 0.3 is 0 Å². The maximum Gasteiger partial charge on any atom is 0.280 e.